The molecule has 3 rings (SSSR count). The zero-order valence-corrected chi connectivity index (χ0v) is 9.74. The minimum Gasteiger partial charge on any atom is -0.481 e. The van der Waals surface area contributed by atoms with Gasteiger partial charge in [-0.15, -0.1) is 0 Å². The molecule has 3 heteroatoms. The lowest BCUT2D eigenvalue weighted by molar-refractivity contribution is -0.137. The molecule has 1 aromatic rings. The van der Waals surface area contributed by atoms with Gasteiger partial charge in [-0.1, -0.05) is 18.2 Å². The van der Waals surface area contributed by atoms with Gasteiger partial charge in [0.05, 0.1) is 19.6 Å². The topological polar surface area (TPSA) is 46.5 Å². The van der Waals surface area contributed by atoms with Crippen molar-refractivity contribution in [3.63, 3.8) is 0 Å². The number of ether oxygens (including phenoxy) is 1. The predicted octanol–water partition coefficient (Wildman–Crippen LogP) is 2.27. The Kier molecular flexibility index (Phi) is 2.44. The van der Waals surface area contributed by atoms with E-state index in [1.807, 2.05) is 6.07 Å². The fourth-order valence-electron chi connectivity index (χ4n) is 2.90. The van der Waals surface area contributed by atoms with E-state index in [9.17, 15) is 4.79 Å². The summed E-state index contributed by atoms with van der Waals surface area (Å²) in [6.07, 6.45) is 3.21. The van der Waals surface area contributed by atoms with E-state index in [2.05, 4.69) is 12.1 Å². The Bertz CT molecular complexity index is 461. The largest absolute Gasteiger partial charge is 0.481 e. The molecule has 0 amide bonds. The normalized spacial score (nSPS) is 20.7. The van der Waals surface area contributed by atoms with Crippen LogP contribution in [-0.4, -0.2) is 17.7 Å². The highest BCUT2D eigenvalue weighted by Gasteiger charge is 2.47. The molecule has 1 aliphatic heterocycles. The molecule has 1 N–H and O–H groups in total. The second-order valence-corrected chi connectivity index (χ2v) is 5.10. The maximum Gasteiger partial charge on any atom is 0.304 e. The Balaban J connectivity index is 2.00. The van der Waals surface area contributed by atoms with Crippen LogP contribution in [0.4, 0.5) is 0 Å². The first-order valence-corrected chi connectivity index (χ1v) is 6.12. The molecule has 3 nitrogen and oxygen atoms in total. The van der Waals surface area contributed by atoms with E-state index in [-0.39, 0.29) is 11.8 Å². The molecule has 0 atom stereocenters. The van der Waals surface area contributed by atoms with E-state index in [1.54, 1.807) is 0 Å². The summed E-state index contributed by atoms with van der Waals surface area (Å²) in [5, 5.41) is 9.03. The van der Waals surface area contributed by atoms with E-state index in [1.165, 1.54) is 16.7 Å². The quantitative estimate of drug-likeness (QED) is 0.869. The van der Waals surface area contributed by atoms with Crippen molar-refractivity contribution in [1.29, 1.82) is 0 Å². The van der Waals surface area contributed by atoms with Crippen molar-refractivity contribution < 1.29 is 14.6 Å². The monoisotopic (exact) mass is 232 g/mol. The third-order valence-corrected chi connectivity index (χ3v) is 3.94. The summed E-state index contributed by atoms with van der Waals surface area (Å²) in [6.45, 7) is 1.43. The summed E-state index contributed by atoms with van der Waals surface area (Å²) in [5.74, 6) is -0.688. The van der Waals surface area contributed by atoms with Gasteiger partial charge in [0, 0.05) is 5.41 Å². The summed E-state index contributed by atoms with van der Waals surface area (Å²) in [5.41, 5.74) is 3.78. The summed E-state index contributed by atoms with van der Waals surface area (Å²) < 4.78 is 5.45. The van der Waals surface area contributed by atoms with Crippen LogP contribution in [-0.2, 0) is 28.0 Å². The number of fused-ring (bicyclic) bond motifs is 1. The molecule has 0 radical (unpaired) electrons. The van der Waals surface area contributed by atoms with E-state index in [0.29, 0.717) is 6.61 Å². The van der Waals surface area contributed by atoms with Gasteiger partial charge in [0.25, 0.3) is 0 Å². The molecule has 17 heavy (non-hydrogen) atoms. The SMILES string of the molecule is O=C(O)CC1(c2cccc3c2CCOC3)CC1. The number of carbonyl (C=O) groups is 1. The van der Waals surface area contributed by atoms with Gasteiger partial charge in [-0.2, -0.15) is 0 Å². The maximum absolute atomic E-state index is 11.0. The summed E-state index contributed by atoms with van der Waals surface area (Å²) in [4.78, 5) is 11.0. The zero-order valence-electron chi connectivity index (χ0n) is 9.74. The van der Waals surface area contributed by atoms with Crippen molar-refractivity contribution in [2.75, 3.05) is 6.61 Å². The van der Waals surface area contributed by atoms with Crippen molar-refractivity contribution in [2.24, 2.45) is 0 Å². The number of hydrogen-bond acceptors (Lipinski definition) is 2. The molecule has 1 fully saturated rings. The fourth-order valence-corrected chi connectivity index (χ4v) is 2.90. The van der Waals surface area contributed by atoms with Crippen LogP contribution in [0.5, 0.6) is 0 Å². The highest BCUT2D eigenvalue weighted by Crippen LogP contribution is 2.52. The molecule has 1 saturated carbocycles. The Hall–Kier alpha value is -1.35. The predicted molar refractivity (Wildman–Crippen MR) is 63.0 cm³/mol. The first-order chi connectivity index (χ1) is 8.21. The molecular formula is C14H16O3. The smallest absolute Gasteiger partial charge is 0.304 e. The van der Waals surface area contributed by atoms with Gasteiger partial charge in [-0.05, 0) is 36.0 Å². The van der Waals surface area contributed by atoms with Crippen molar-refractivity contribution >= 4 is 5.97 Å². The lowest BCUT2D eigenvalue weighted by Crippen LogP contribution is -2.19. The molecule has 0 aromatic heterocycles. The van der Waals surface area contributed by atoms with Gasteiger partial charge in [-0.25, -0.2) is 0 Å². The molecule has 90 valence electrons. The third kappa shape index (κ3) is 1.84. The van der Waals surface area contributed by atoms with Gasteiger partial charge >= 0.3 is 5.97 Å². The van der Waals surface area contributed by atoms with Crippen LogP contribution in [0.2, 0.25) is 0 Å². The second kappa shape index (κ2) is 3.84. The van der Waals surface area contributed by atoms with Crippen molar-refractivity contribution in [2.45, 2.75) is 37.7 Å². The molecule has 1 aromatic carbocycles. The molecule has 2 aliphatic rings. The number of aliphatic carboxylic acids is 1. The van der Waals surface area contributed by atoms with Gasteiger partial charge in [0.2, 0.25) is 0 Å². The Morgan fingerprint density at radius 3 is 2.94 bits per heavy atom. The van der Waals surface area contributed by atoms with E-state index >= 15 is 0 Å². The van der Waals surface area contributed by atoms with Gasteiger partial charge in [0.1, 0.15) is 0 Å². The molecule has 0 bridgehead atoms. The number of benzene rings is 1. The average Bonchev–Trinajstić information content (AvgIpc) is 3.08. The molecule has 1 heterocycles. The minimum atomic E-state index is -0.688. The van der Waals surface area contributed by atoms with Crippen molar-refractivity contribution in [3.8, 4) is 0 Å². The minimum absolute atomic E-state index is 0.0749. The lowest BCUT2D eigenvalue weighted by Gasteiger charge is -2.24. The van der Waals surface area contributed by atoms with E-state index in [0.717, 1.165) is 25.9 Å². The number of carboxylic acids is 1. The summed E-state index contributed by atoms with van der Waals surface area (Å²) in [6, 6.07) is 6.24. The van der Waals surface area contributed by atoms with Crippen LogP contribution in [0.15, 0.2) is 18.2 Å². The highest BCUT2D eigenvalue weighted by atomic mass is 16.5. The van der Waals surface area contributed by atoms with Crippen molar-refractivity contribution in [1.82, 2.24) is 0 Å². The van der Waals surface area contributed by atoms with Crippen LogP contribution >= 0.6 is 0 Å². The standard InChI is InChI=1S/C14H16O3/c15-13(16)8-14(5-6-14)12-3-1-2-10-9-17-7-4-11(10)12/h1-3H,4-9H2,(H,15,16). The van der Waals surface area contributed by atoms with E-state index < -0.39 is 5.97 Å². The molecular weight excluding hydrogens is 216 g/mol. The first-order valence-electron chi connectivity index (χ1n) is 6.12. The Morgan fingerprint density at radius 2 is 2.24 bits per heavy atom. The maximum atomic E-state index is 11.0. The van der Waals surface area contributed by atoms with Crippen molar-refractivity contribution in [3.05, 3.63) is 34.9 Å². The van der Waals surface area contributed by atoms with E-state index in [4.69, 9.17) is 9.84 Å². The highest BCUT2D eigenvalue weighted by molar-refractivity contribution is 5.70. The zero-order chi connectivity index (χ0) is 11.9. The average molecular weight is 232 g/mol. The van der Waals surface area contributed by atoms with Gasteiger partial charge in [-0.3, -0.25) is 4.79 Å². The van der Waals surface area contributed by atoms with Gasteiger partial charge < -0.3 is 9.84 Å². The number of carboxylic acid groups (broad SMARTS) is 1. The van der Waals surface area contributed by atoms with Crippen LogP contribution in [0.25, 0.3) is 0 Å². The van der Waals surface area contributed by atoms with Gasteiger partial charge in [0.15, 0.2) is 0 Å². The molecule has 0 unspecified atom stereocenters. The van der Waals surface area contributed by atoms with Crippen LogP contribution in [0.3, 0.4) is 0 Å². The first kappa shape index (κ1) is 10.8. The lowest BCUT2D eigenvalue weighted by atomic mass is 9.85. The summed E-state index contributed by atoms with van der Waals surface area (Å²) in [7, 11) is 0. The molecule has 1 aliphatic carbocycles. The Morgan fingerprint density at radius 1 is 1.41 bits per heavy atom. The third-order valence-electron chi connectivity index (χ3n) is 3.94. The van der Waals surface area contributed by atoms with Crippen LogP contribution < -0.4 is 0 Å². The Labute approximate surface area is 100 Å². The fraction of sp³-hybridized carbons (Fsp3) is 0.500. The second-order valence-electron chi connectivity index (χ2n) is 5.10. The van der Waals surface area contributed by atoms with Crippen LogP contribution in [0.1, 0.15) is 36.0 Å². The summed E-state index contributed by atoms with van der Waals surface area (Å²) >= 11 is 0. The number of hydrogen-bond donors (Lipinski definition) is 1. The molecule has 0 saturated heterocycles. The number of rotatable bonds is 3. The molecule has 0 spiro atoms. The van der Waals surface area contributed by atoms with Crippen LogP contribution in [0, 0.1) is 0 Å².